The van der Waals surface area contributed by atoms with Gasteiger partial charge in [0.2, 0.25) is 11.8 Å². The molecule has 0 atom stereocenters. The number of rotatable bonds is 2. The minimum Gasteiger partial charge on any atom is -0.494 e. The Morgan fingerprint density at radius 1 is 1.00 bits per heavy atom. The van der Waals surface area contributed by atoms with Gasteiger partial charge in [0.1, 0.15) is 5.69 Å². The Morgan fingerprint density at radius 2 is 1.71 bits per heavy atom. The highest BCUT2D eigenvalue weighted by Gasteiger charge is 2.16. The summed E-state index contributed by atoms with van der Waals surface area (Å²) in [5.74, 6) is -1.78. The summed E-state index contributed by atoms with van der Waals surface area (Å²) < 4.78 is 1.19. The first-order chi connectivity index (χ1) is 11.5. The smallest absolute Gasteiger partial charge is 0.314 e. The van der Waals surface area contributed by atoms with Gasteiger partial charge in [-0.15, -0.1) is 10.2 Å². The van der Waals surface area contributed by atoms with E-state index < -0.39 is 11.8 Å². The lowest BCUT2D eigenvalue weighted by Gasteiger charge is -1.96. The number of hydrogen-bond donors (Lipinski definition) is 2. The molecule has 2 aromatic heterocycles. The Morgan fingerprint density at radius 3 is 2.42 bits per heavy atom. The van der Waals surface area contributed by atoms with E-state index in [0.717, 1.165) is 0 Å². The molecule has 0 aliphatic carbocycles. The summed E-state index contributed by atoms with van der Waals surface area (Å²) in [6.07, 6.45) is 1.43. The zero-order valence-electron chi connectivity index (χ0n) is 12.5. The number of pyridine rings is 1. The third-order valence-electron chi connectivity index (χ3n) is 3.50. The van der Waals surface area contributed by atoms with Crippen LogP contribution < -0.4 is 0 Å². The molecule has 2 heterocycles. The molecule has 2 amide bonds. The molecule has 0 saturated heterocycles. The summed E-state index contributed by atoms with van der Waals surface area (Å²) in [4.78, 5) is 27.6. The summed E-state index contributed by atoms with van der Waals surface area (Å²) in [6, 6.07) is 9.01. The molecule has 120 valence electrons. The van der Waals surface area contributed by atoms with Gasteiger partial charge in [-0.2, -0.15) is 0 Å². The van der Waals surface area contributed by atoms with Crippen LogP contribution in [0, 0.1) is 0 Å². The SMILES string of the molecule is Cn1c(O)c2ccc(C(=O)N=NC(=O)c3ccccn3)cc2c1O. The number of amides is 2. The van der Waals surface area contributed by atoms with Gasteiger partial charge in [0.15, 0.2) is 0 Å². The highest BCUT2D eigenvalue weighted by atomic mass is 16.3. The Balaban J connectivity index is 1.88. The second kappa shape index (κ2) is 5.92. The Labute approximate surface area is 135 Å². The molecule has 0 aliphatic heterocycles. The van der Waals surface area contributed by atoms with Crippen LogP contribution >= 0.6 is 0 Å². The van der Waals surface area contributed by atoms with Gasteiger partial charge >= 0.3 is 5.91 Å². The number of carbonyl (C=O) groups is 2. The number of aromatic nitrogens is 2. The van der Waals surface area contributed by atoms with Crippen molar-refractivity contribution in [3.05, 3.63) is 53.9 Å². The van der Waals surface area contributed by atoms with E-state index in [1.54, 1.807) is 12.1 Å². The second-order valence-corrected chi connectivity index (χ2v) is 4.99. The highest BCUT2D eigenvalue weighted by molar-refractivity contribution is 6.02. The van der Waals surface area contributed by atoms with Crippen molar-refractivity contribution in [1.82, 2.24) is 9.55 Å². The molecule has 1 aromatic carbocycles. The van der Waals surface area contributed by atoms with Crippen molar-refractivity contribution in [2.75, 3.05) is 0 Å². The Bertz CT molecular complexity index is 977. The fourth-order valence-electron chi connectivity index (χ4n) is 2.21. The van der Waals surface area contributed by atoms with Gasteiger partial charge in [0, 0.05) is 29.6 Å². The number of fused-ring (bicyclic) bond motifs is 1. The standard InChI is InChI=1S/C16H12N4O4/c1-20-15(23)10-6-5-9(8-11(10)16(20)24)13(21)18-19-14(22)12-4-2-3-7-17-12/h2-8,23-24H,1H3. The lowest BCUT2D eigenvalue weighted by atomic mass is 10.1. The molecule has 3 rings (SSSR count). The third kappa shape index (κ3) is 2.60. The molecule has 0 fully saturated rings. The second-order valence-electron chi connectivity index (χ2n) is 4.99. The molecule has 0 unspecified atom stereocenters. The van der Waals surface area contributed by atoms with Gasteiger partial charge < -0.3 is 10.2 Å². The van der Waals surface area contributed by atoms with E-state index in [-0.39, 0.29) is 23.0 Å². The van der Waals surface area contributed by atoms with Crippen LogP contribution in [0.25, 0.3) is 10.8 Å². The third-order valence-corrected chi connectivity index (χ3v) is 3.50. The van der Waals surface area contributed by atoms with Crippen LogP contribution in [0.2, 0.25) is 0 Å². The van der Waals surface area contributed by atoms with Gasteiger partial charge in [-0.1, -0.05) is 6.07 Å². The van der Waals surface area contributed by atoms with Crippen LogP contribution in [0.15, 0.2) is 52.8 Å². The quantitative estimate of drug-likeness (QED) is 0.702. The van der Waals surface area contributed by atoms with Crippen LogP contribution in [0.3, 0.4) is 0 Å². The van der Waals surface area contributed by atoms with Crippen molar-refractivity contribution < 1.29 is 19.8 Å². The van der Waals surface area contributed by atoms with E-state index in [1.165, 1.54) is 42.1 Å². The zero-order valence-corrected chi connectivity index (χ0v) is 12.5. The lowest BCUT2D eigenvalue weighted by Crippen LogP contribution is -1.99. The van der Waals surface area contributed by atoms with Gasteiger partial charge in [0.25, 0.3) is 5.91 Å². The minimum absolute atomic E-state index is 0.0788. The number of azo groups is 1. The number of nitrogens with zero attached hydrogens (tertiary/aromatic N) is 4. The molecule has 0 saturated carbocycles. The van der Waals surface area contributed by atoms with Gasteiger partial charge in [-0.3, -0.25) is 19.1 Å². The molecule has 0 aliphatic rings. The van der Waals surface area contributed by atoms with Crippen LogP contribution in [0.1, 0.15) is 20.8 Å². The molecule has 0 spiro atoms. The van der Waals surface area contributed by atoms with Crippen molar-refractivity contribution >= 4 is 22.6 Å². The number of hydrogen-bond acceptors (Lipinski definition) is 5. The van der Waals surface area contributed by atoms with Gasteiger partial charge in [-0.05, 0) is 30.3 Å². The lowest BCUT2D eigenvalue weighted by molar-refractivity contribution is 0.0944. The molecule has 0 radical (unpaired) electrons. The maximum Gasteiger partial charge on any atom is 0.314 e. The van der Waals surface area contributed by atoms with Crippen LogP contribution in [-0.4, -0.2) is 31.6 Å². The van der Waals surface area contributed by atoms with Crippen LogP contribution in [0.4, 0.5) is 0 Å². The summed E-state index contributed by atoms with van der Waals surface area (Å²) >= 11 is 0. The average Bonchev–Trinajstić information content (AvgIpc) is 2.84. The average molecular weight is 324 g/mol. The number of carbonyl (C=O) groups excluding carboxylic acids is 2. The molecule has 2 N–H and O–H groups in total. The summed E-state index contributed by atoms with van der Waals surface area (Å²) in [5, 5.41) is 27.2. The molecule has 8 nitrogen and oxygen atoms in total. The molecule has 8 heteroatoms. The Hall–Kier alpha value is -3.55. The van der Waals surface area contributed by atoms with Crippen molar-refractivity contribution in [3.63, 3.8) is 0 Å². The van der Waals surface area contributed by atoms with E-state index in [0.29, 0.717) is 10.8 Å². The number of benzene rings is 1. The first-order valence-corrected chi connectivity index (χ1v) is 6.91. The van der Waals surface area contributed by atoms with Gasteiger partial charge in [-0.25, -0.2) is 0 Å². The fraction of sp³-hybridized carbons (Fsp3) is 0.0625. The summed E-state index contributed by atoms with van der Waals surface area (Å²) in [7, 11) is 1.48. The van der Waals surface area contributed by atoms with Crippen molar-refractivity contribution in [3.8, 4) is 11.8 Å². The molecular formula is C16H12N4O4. The Kier molecular flexibility index (Phi) is 3.78. The molecular weight excluding hydrogens is 312 g/mol. The fourth-order valence-corrected chi connectivity index (χ4v) is 2.21. The molecule has 24 heavy (non-hydrogen) atoms. The minimum atomic E-state index is -0.746. The van der Waals surface area contributed by atoms with Crippen molar-refractivity contribution in [1.29, 1.82) is 0 Å². The number of aromatic hydroxyl groups is 2. The first-order valence-electron chi connectivity index (χ1n) is 6.91. The van der Waals surface area contributed by atoms with E-state index in [2.05, 4.69) is 15.2 Å². The van der Waals surface area contributed by atoms with E-state index in [9.17, 15) is 19.8 Å². The molecule has 0 bridgehead atoms. The van der Waals surface area contributed by atoms with E-state index >= 15 is 0 Å². The maximum absolute atomic E-state index is 12.0. The predicted molar refractivity (Wildman–Crippen MR) is 84.0 cm³/mol. The monoisotopic (exact) mass is 324 g/mol. The maximum atomic E-state index is 12.0. The normalized spacial score (nSPS) is 11.2. The summed E-state index contributed by atoms with van der Waals surface area (Å²) in [6.45, 7) is 0. The highest BCUT2D eigenvalue weighted by Crippen LogP contribution is 2.35. The largest absolute Gasteiger partial charge is 0.494 e. The van der Waals surface area contributed by atoms with E-state index in [1.807, 2.05) is 0 Å². The van der Waals surface area contributed by atoms with E-state index in [4.69, 9.17) is 0 Å². The molecule has 3 aromatic rings. The summed E-state index contributed by atoms with van der Waals surface area (Å²) in [5.41, 5.74) is 0.205. The first kappa shape index (κ1) is 15.3. The predicted octanol–water partition coefficient (Wildman–Crippen LogP) is 2.42. The van der Waals surface area contributed by atoms with Crippen molar-refractivity contribution in [2.24, 2.45) is 17.3 Å². The topological polar surface area (TPSA) is 117 Å². The zero-order chi connectivity index (χ0) is 17.3. The van der Waals surface area contributed by atoms with Crippen molar-refractivity contribution in [2.45, 2.75) is 0 Å². The van der Waals surface area contributed by atoms with Gasteiger partial charge in [0.05, 0.1) is 0 Å². The van der Waals surface area contributed by atoms with Crippen LogP contribution in [0.5, 0.6) is 11.8 Å². The van der Waals surface area contributed by atoms with Crippen LogP contribution in [-0.2, 0) is 7.05 Å².